The van der Waals surface area contributed by atoms with Crippen LogP contribution in [0.4, 0.5) is 0 Å². The maximum absolute atomic E-state index is 12.8. The van der Waals surface area contributed by atoms with Crippen molar-refractivity contribution in [3.05, 3.63) is 28.6 Å². The summed E-state index contributed by atoms with van der Waals surface area (Å²) in [5.41, 5.74) is 0.740. The second kappa shape index (κ2) is 7.12. The summed E-state index contributed by atoms with van der Waals surface area (Å²) in [6, 6.07) is 5.01. The van der Waals surface area contributed by atoms with Crippen LogP contribution in [0, 0.1) is 5.41 Å². The number of rotatable bonds is 5. The standard InChI is InChI=1S/C17H21N3OS2.ClH/c1-2-17(8-11-5-6-14(17)19-11)16(21)18-9-12-10-23-15(20-12)13-4-3-7-22-13;/h3-4,7,10-11,14,19H,2,5-6,8-9H2,1H3,(H,18,21);1H/t11-,14+,17+;/m0./s1. The first kappa shape index (κ1) is 17.9. The second-order valence-electron chi connectivity index (χ2n) is 6.51. The Kier molecular flexibility index (Phi) is 5.30. The highest BCUT2D eigenvalue weighted by atomic mass is 35.5. The molecule has 3 atom stereocenters. The van der Waals surface area contributed by atoms with E-state index < -0.39 is 0 Å². The third-order valence-electron chi connectivity index (χ3n) is 5.32. The minimum Gasteiger partial charge on any atom is -0.350 e. The van der Waals surface area contributed by atoms with Crippen molar-refractivity contribution in [2.24, 2.45) is 5.41 Å². The molecule has 24 heavy (non-hydrogen) atoms. The zero-order valence-corrected chi connectivity index (χ0v) is 16.0. The van der Waals surface area contributed by atoms with Gasteiger partial charge < -0.3 is 10.6 Å². The van der Waals surface area contributed by atoms with Crippen molar-refractivity contribution < 1.29 is 4.79 Å². The van der Waals surface area contributed by atoms with E-state index in [9.17, 15) is 4.79 Å². The zero-order valence-electron chi connectivity index (χ0n) is 13.6. The summed E-state index contributed by atoms with van der Waals surface area (Å²) < 4.78 is 0. The van der Waals surface area contributed by atoms with Gasteiger partial charge in [0.05, 0.1) is 22.5 Å². The number of hydrogen-bond donors (Lipinski definition) is 2. The van der Waals surface area contributed by atoms with Crippen LogP contribution in [0.2, 0.25) is 0 Å². The van der Waals surface area contributed by atoms with Crippen molar-refractivity contribution in [1.82, 2.24) is 15.6 Å². The molecule has 2 aliphatic rings. The lowest BCUT2D eigenvalue weighted by atomic mass is 9.71. The van der Waals surface area contributed by atoms with Crippen LogP contribution >= 0.6 is 35.1 Å². The Morgan fingerprint density at radius 3 is 2.96 bits per heavy atom. The Hall–Kier alpha value is -0.950. The van der Waals surface area contributed by atoms with Crippen LogP contribution in [-0.4, -0.2) is 23.0 Å². The lowest BCUT2D eigenvalue weighted by molar-refractivity contribution is -0.132. The fourth-order valence-electron chi connectivity index (χ4n) is 4.05. The van der Waals surface area contributed by atoms with E-state index in [-0.39, 0.29) is 23.7 Å². The highest BCUT2D eigenvalue weighted by molar-refractivity contribution is 7.20. The number of hydrogen-bond acceptors (Lipinski definition) is 5. The number of amides is 1. The van der Waals surface area contributed by atoms with Crippen LogP contribution in [0.15, 0.2) is 22.9 Å². The molecule has 7 heteroatoms. The van der Waals surface area contributed by atoms with Gasteiger partial charge in [-0.15, -0.1) is 35.1 Å². The van der Waals surface area contributed by atoms with Gasteiger partial charge in [-0.2, -0.15) is 0 Å². The smallest absolute Gasteiger partial charge is 0.228 e. The summed E-state index contributed by atoms with van der Waals surface area (Å²) in [7, 11) is 0. The van der Waals surface area contributed by atoms with E-state index in [0.29, 0.717) is 18.6 Å². The van der Waals surface area contributed by atoms with Gasteiger partial charge in [0.15, 0.2) is 0 Å². The van der Waals surface area contributed by atoms with Crippen molar-refractivity contribution in [3.8, 4) is 9.88 Å². The fraction of sp³-hybridized carbons (Fsp3) is 0.529. The molecule has 4 rings (SSSR count). The topological polar surface area (TPSA) is 54.0 Å². The molecule has 0 aliphatic carbocycles. The van der Waals surface area contributed by atoms with E-state index >= 15 is 0 Å². The summed E-state index contributed by atoms with van der Waals surface area (Å²) >= 11 is 3.34. The molecule has 2 aromatic heterocycles. The molecule has 2 N–H and O–H groups in total. The lowest BCUT2D eigenvalue weighted by Crippen LogP contribution is -2.47. The number of halogens is 1. The summed E-state index contributed by atoms with van der Waals surface area (Å²) in [4.78, 5) is 18.7. The molecule has 2 aromatic rings. The van der Waals surface area contributed by atoms with Crippen LogP contribution in [0.5, 0.6) is 0 Å². The van der Waals surface area contributed by atoms with Gasteiger partial charge >= 0.3 is 0 Å². The van der Waals surface area contributed by atoms with Crippen molar-refractivity contribution in [2.75, 3.05) is 0 Å². The van der Waals surface area contributed by atoms with Crippen molar-refractivity contribution in [1.29, 1.82) is 0 Å². The van der Waals surface area contributed by atoms with Gasteiger partial charge in [-0.25, -0.2) is 4.98 Å². The number of thiophene rings is 1. The molecule has 2 aliphatic heterocycles. The van der Waals surface area contributed by atoms with Gasteiger partial charge in [-0.3, -0.25) is 4.79 Å². The van der Waals surface area contributed by atoms with Crippen molar-refractivity contribution in [3.63, 3.8) is 0 Å². The Labute approximate surface area is 156 Å². The molecule has 0 unspecified atom stereocenters. The van der Waals surface area contributed by atoms with E-state index in [4.69, 9.17) is 0 Å². The maximum Gasteiger partial charge on any atom is 0.228 e. The number of fused-ring (bicyclic) bond motifs is 2. The predicted octanol–water partition coefficient (Wildman–Crippen LogP) is 3.83. The van der Waals surface area contributed by atoms with Crippen LogP contribution in [0.1, 0.15) is 38.3 Å². The minimum atomic E-state index is -0.213. The molecule has 0 spiro atoms. The summed E-state index contributed by atoms with van der Waals surface area (Å²) in [6.07, 6.45) is 4.24. The number of thiazole rings is 1. The van der Waals surface area contributed by atoms with Crippen LogP contribution < -0.4 is 10.6 Å². The van der Waals surface area contributed by atoms with Gasteiger partial charge in [-0.1, -0.05) is 13.0 Å². The minimum absolute atomic E-state index is 0. The molecule has 2 saturated heterocycles. The summed E-state index contributed by atoms with van der Waals surface area (Å²) in [5.74, 6) is 0.199. The Morgan fingerprint density at radius 1 is 1.46 bits per heavy atom. The molecular formula is C17H22ClN3OS2. The molecule has 4 heterocycles. The van der Waals surface area contributed by atoms with Crippen LogP contribution in [0.3, 0.4) is 0 Å². The molecule has 0 radical (unpaired) electrons. The van der Waals surface area contributed by atoms with Crippen LogP contribution in [0.25, 0.3) is 9.88 Å². The third kappa shape index (κ3) is 3.01. The Bertz CT molecular complexity index is 703. The number of aromatic nitrogens is 1. The highest BCUT2D eigenvalue weighted by Gasteiger charge is 2.54. The normalized spacial score (nSPS) is 27.9. The van der Waals surface area contributed by atoms with Crippen molar-refractivity contribution >= 4 is 41.0 Å². The first-order valence-corrected chi connectivity index (χ1v) is 10.00. The summed E-state index contributed by atoms with van der Waals surface area (Å²) in [6.45, 7) is 2.67. The van der Waals surface area contributed by atoms with Crippen molar-refractivity contribution in [2.45, 2.75) is 51.2 Å². The van der Waals surface area contributed by atoms with Gasteiger partial charge in [0.25, 0.3) is 0 Å². The van der Waals surface area contributed by atoms with Gasteiger partial charge in [0.2, 0.25) is 5.91 Å². The van der Waals surface area contributed by atoms with E-state index in [1.807, 2.05) is 11.4 Å². The van der Waals surface area contributed by atoms with E-state index in [0.717, 1.165) is 30.0 Å². The Morgan fingerprint density at radius 2 is 2.33 bits per heavy atom. The first-order valence-electron chi connectivity index (χ1n) is 8.24. The quantitative estimate of drug-likeness (QED) is 0.824. The number of carbonyl (C=O) groups excluding carboxylic acids is 1. The average molecular weight is 384 g/mol. The zero-order chi connectivity index (χ0) is 15.9. The molecule has 4 nitrogen and oxygen atoms in total. The van der Waals surface area contributed by atoms with Gasteiger partial charge in [0.1, 0.15) is 5.01 Å². The third-order valence-corrected chi connectivity index (χ3v) is 7.25. The Balaban J connectivity index is 0.00000169. The molecule has 2 fully saturated rings. The van der Waals surface area contributed by atoms with E-state index in [2.05, 4.69) is 34.0 Å². The van der Waals surface area contributed by atoms with Gasteiger partial charge in [0, 0.05) is 17.5 Å². The SMILES string of the molecule is CC[C@@]1(C(=O)NCc2csc(-c3cccs3)n2)C[C@@H]2CC[C@H]1N2.Cl. The molecule has 0 saturated carbocycles. The lowest BCUT2D eigenvalue weighted by Gasteiger charge is -2.34. The molecule has 130 valence electrons. The highest BCUT2D eigenvalue weighted by Crippen LogP contribution is 2.45. The molecule has 2 bridgehead atoms. The average Bonchev–Trinajstić information content (AvgIpc) is 3.35. The summed E-state index contributed by atoms with van der Waals surface area (Å²) in [5, 5.41) is 11.9. The largest absolute Gasteiger partial charge is 0.350 e. The monoisotopic (exact) mass is 383 g/mol. The molecule has 0 aromatic carbocycles. The van der Waals surface area contributed by atoms with E-state index in [1.165, 1.54) is 11.3 Å². The number of nitrogens with zero attached hydrogens (tertiary/aromatic N) is 1. The van der Waals surface area contributed by atoms with Crippen LogP contribution in [-0.2, 0) is 11.3 Å². The molecular weight excluding hydrogens is 362 g/mol. The predicted molar refractivity (Wildman–Crippen MR) is 102 cm³/mol. The van der Waals surface area contributed by atoms with E-state index in [1.54, 1.807) is 22.7 Å². The molecule has 1 amide bonds. The number of carbonyl (C=O) groups is 1. The second-order valence-corrected chi connectivity index (χ2v) is 8.32. The fourth-order valence-corrected chi connectivity index (χ4v) is 5.68. The maximum atomic E-state index is 12.8. The first-order chi connectivity index (χ1) is 11.2. The number of nitrogens with one attached hydrogen (secondary N) is 2. The van der Waals surface area contributed by atoms with Gasteiger partial charge in [-0.05, 0) is 37.1 Å².